The van der Waals surface area contributed by atoms with E-state index < -0.39 is 88.1 Å². The fraction of sp³-hybridized carbons (Fsp3) is 0.571. The van der Waals surface area contributed by atoms with E-state index in [1.165, 1.54) is 37.4 Å². The van der Waals surface area contributed by atoms with Crippen LogP contribution in [0.25, 0.3) is 11.2 Å². The van der Waals surface area contributed by atoms with Gasteiger partial charge in [-0.15, -0.1) is 0 Å². The number of nitrogens with two attached hydrogens (primary N) is 2. The van der Waals surface area contributed by atoms with Gasteiger partial charge in [-0.1, -0.05) is 0 Å². The predicted octanol–water partition coefficient (Wildman–Crippen LogP) is -2.55. The van der Waals surface area contributed by atoms with Crippen LogP contribution in [0.1, 0.15) is 12.5 Å². The van der Waals surface area contributed by atoms with Crippen LogP contribution in [0.2, 0.25) is 0 Å². The number of rotatable bonds is 12. The molecule has 0 saturated carbocycles. The Morgan fingerprint density at radius 2 is 1.65 bits per heavy atom. The van der Waals surface area contributed by atoms with E-state index in [2.05, 4.69) is 24.5 Å². The molecule has 5 rings (SSSR count). The minimum atomic E-state index is -5.01. The van der Waals surface area contributed by atoms with Crippen LogP contribution in [0, 0.1) is 0 Å². The number of aromatic nitrogens is 6. The second-order valence-electron chi connectivity index (χ2n) is 9.96. The Balaban J connectivity index is 1.36. The molecule has 0 radical (unpaired) electrons. The third-order valence-electron chi connectivity index (χ3n) is 7.05. The monoisotopic (exact) mass is 712 g/mol. The molecule has 25 heteroatoms. The number of fused-ring (bicyclic) bond motifs is 1. The van der Waals surface area contributed by atoms with Crippen molar-refractivity contribution in [1.82, 2.24) is 29.1 Å². The van der Waals surface area contributed by atoms with Gasteiger partial charge in [-0.05, 0) is 17.9 Å². The first-order chi connectivity index (χ1) is 21.6. The van der Waals surface area contributed by atoms with E-state index in [4.69, 9.17) is 51.3 Å². The van der Waals surface area contributed by atoms with Crippen molar-refractivity contribution in [2.45, 2.75) is 49.1 Å². The van der Waals surface area contributed by atoms with Crippen LogP contribution in [-0.2, 0) is 48.9 Å². The fourth-order valence-corrected chi connectivity index (χ4v) is 6.87. The molecule has 0 amide bonds. The molecule has 46 heavy (non-hydrogen) atoms. The fourth-order valence-electron chi connectivity index (χ4n) is 5.09. The van der Waals surface area contributed by atoms with Crippen LogP contribution in [-0.4, -0.2) is 113 Å². The number of phosphoric acid groups is 1. The molecule has 3 aromatic rings. The molecular formula is C21H30N8O14P2S. The number of nitrogens with zero attached hydrogens (tertiary/aromatic N) is 5. The number of hydrogen-bond acceptors (Lipinski definition) is 17. The lowest BCUT2D eigenvalue weighted by molar-refractivity contribution is -0.0589. The van der Waals surface area contributed by atoms with Crippen molar-refractivity contribution in [1.29, 1.82) is 0 Å². The number of aromatic amines is 1. The summed E-state index contributed by atoms with van der Waals surface area (Å²) in [5, 5.41) is 10.8. The molecule has 0 spiro atoms. The van der Waals surface area contributed by atoms with Crippen molar-refractivity contribution >= 4 is 49.3 Å². The maximum Gasteiger partial charge on any atom is 0.469 e. The third-order valence-corrected chi connectivity index (χ3v) is 9.10. The van der Waals surface area contributed by atoms with Crippen LogP contribution in [0.15, 0.2) is 28.2 Å². The summed E-state index contributed by atoms with van der Waals surface area (Å²) in [6.45, 7) is -5.56. The van der Waals surface area contributed by atoms with Crippen LogP contribution in [0.4, 0.5) is 11.8 Å². The molecule has 254 valence electrons. The number of nitrogens with one attached hydrogen (secondary N) is 1. The van der Waals surface area contributed by atoms with Crippen LogP contribution in [0.3, 0.4) is 0 Å². The van der Waals surface area contributed by atoms with Crippen molar-refractivity contribution < 1.29 is 56.9 Å². The molecular weight excluding hydrogens is 682 g/mol. The molecule has 22 nitrogen and oxygen atoms in total. The molecule has 3 aromatic heterocycles. The number of nitrogen functional groups attached to an aromatic ring is 2. The average molecular weight is 713 g/mol. The van der Waals surface area contributed by atoms with E-state index in [1.54, 1.807) is 0 Å². The lowest BCUT2D eigenvalue weighted by Crippen LogP contribution is -2.38. The minimum absolute atomic E-state index is 0.0178. The number of anilines is 2. The molecule has 5 heterocycles. The molecule has 2 aliphatic rings. The van der Waals surface area contributed by atoms with Crippen molar-refractivity contribution in [3.63, 3.8) is 0 Å². The lowest BCUT2D eigenvalue weighted by Gasteiger charge is -2.28. The van der Waals surface area contributed by atoms with E-state index in [-0.39, 0.29) is 22.9 Å². The summed E-state index contributed by atoms with van der Waals surface area (Å²) < 4.78 is 52.3. The van der Waals surface area contributed by atoms with Gasteiger partial charge in [0.2, 0.25) is 5.95 Å². The standard InChI is InChI=1S/C21H30N8O14P2S/c1-37-13-8(41-18(12(13)30)28-4-3-10(22)25-21(28)32)6-40-45(36,46)43-14-9(5-39-44(33,34)35)42-19(15(14)38-2)29-7-24-11-16(29)26-20(23)27-17(11)31/h3-4,7-9,12-15,18-19,30H,5-6H2,1-2H3,(H,36,46)(H2,22,25,32)(H2,33,34,35)(H3,23,26,27,31)/t8-,9-,12+,13?,14?,15+,18-,19-,45?/m1/s1. The lowest BCUT2D eigenvalue weighted by atomic mass is 10.1. The summed E-state index contributed by atoms with van der Waals surface area (Å²) in [4.78, 5) is 68.3. The van der Waals surface area contributed by atoms with Crippen molar-refractivity contribution in [2.24, 2.45) is 0 Å². The Bertz CT molecular complexity index is 1780. The Labute approximate surface area is 262 Å². The number of aliphatic hydroxyl groups excluding tert-OH is 1. The first-order valence-corrected chi connectivity index (χ1v) is 17.2. The normalized spacial score (nSPS) is 29.8. The number of phosphoric ester groups is 1. The first-order valence-electron chi connectivity index (χ1n) is 13.1. The second-order valence-corrected chi connectivity index (χ2v) is 14.0. The number of imidazole rings is 1. The first kappa shape index (κ1) is 34.6. The SMILES string of the molecule is COC1[C@@H](COP(O)(=S)OC2[C@@H](COP(=O)(O)O)O[C@@H](n3cnc4c(=O)[nH]c(N)nc43)[C@H]2OC)O[C@@H](n2ccc(N)nc2=O)[C@H]1O. The van der Waals surface area contributed by atoms with Gasteiger partial charge in [0.15, 0.2) is 23.6 Å². The maximum absolute atomic E-state index is 12.3. The molecule has 3 unspecified atom stereocenters. The number of H-pyrrole nitrogens is 1. The zero-order valence-corrected chi connectivity index (χ0v) is 26.4. The highest BCUT2D eigenvalue weighted by molar-refractivity contribution is 8.07. The number of hydrogen-bond donors (Lipinski definition) is 7. The molecule has 0 aliphatic carbocycles. The van der Waals surface area contributed by atoms with Gasteiger partial charge in [-0.25, -0.2) is 14.3 Å². The predicted molar refractivity (Wildman–Crippen MR) is 156 cm³/mol. The Kier molecular flexibility index (Phi) is 10.1. The van der Waals surface area contributed by atoms with Crippen LogP contribution < -0.4 is 22.7 Å². The molecule has 9 atom stereocenters. The van der Waals surface area contributed by atoms with Crippen molar-refractivity contribution in [3.05, 3.63) is 39.4 Å². The molecule has 2 fully saturated rings. The highest BCUT2D eigenvalue weighted by atomic mass is 32.5. The topological polar surface area (TPSA) is 313 Å². The van der Waals surface area contributed by atoms with E-state index >= 15 is 0 Å². The number of ether oxygens (including phenoxy) is 4. The summed E-state index contributed by atoms with van der Waals surface area (Å²) in [5.74, 6) is -0.268. The Morgan fingerprint density at radius 1 is 1.00 bits per heavy atom. The zero-order chi connectivity index (χ0) is 33.6. The van der Waals surface area contributed by atoms with Crippen LogP contribution >= 0.6 is 14.5 Å². The molecule has 0 aromatic carbocycles. The molecule has 0 bridgehead atoms. The van der Waals surface area contributed by atoms with Gasteiger partial charge in [0.1, 0.15) is 42.4 Å². The van der Waals surface area contributed by atoms with E-state index in [0.717, 1.165) is 4.57 Å². The quantitative estimate of drug-likeness (QED) is 0.0951. The number of aliphatic hydroxyl groups is 1. The average Bonchev–Trinajstić information content (AvgIpc) is 3.63. The Morgan fingerprint density at radius 3 is 2.30 bits per heavy atom. The molecule has 2 saturated heterocycles. The second kappa shape index (κ2) is 13.4. The summed E-state index contributed by atoms with van der Waals surface area (Å²) in [6, 6.07) is 1.33. The summed E-state index contributed by atoms with van der Waals surface area (Å²) in [6.07, 6.45) is -7.44. The van der Waals surface area contributed by atoms with Gasteiger partial charge >= 0.3 is 20.2 Å². The van der Waals surface area contributed by atoms with Gasteiger partial charge in [-0.2, -0.15) is 9.97 Å². The van der Waals surface area contributed by atoms with Gasteiger partial charge in [-0.3, -0.25) is 28.0 Å². The van der Waals surface area contributed by atoms with Crippen LogP contribution in [0.5, 0.6) is 0 Å². The minimum Gasteiger partial charge on any atom is -0.386 e. The van der Waals surface area contributed by atoms with Crippen molar-refractivity contribution in [3.8, 4) is 0 Å². The largest absolute Gasteiger partial charge is 0.469 e. The highest BCUT2D eigenvalue weighted by Crippen LogP contribution is 2.51. The van der Waals surface area contributed by atoms with Gasteiger partial charge < -0.3 is 54.7 Å². The zero-order valence-electron chi connectivity index (χ0n) is 23.8. The van der Waals surface area contributed by atoms with E-state index in [1.807, 2.05) is 0 Å². The smallest absolute Gasteiger partial charge is 0.386 e. The molecule has 2 aliphatic heterocycles. The van der Waals surface area contributed by atoms with Crippen molar-refractivity contribution in [2.75, 3.05) is 38.9 Å². The Hall–Kier alpha value is -2.73. The highest BCUT2D eigenvalue weighted by Gasteiger charge is 2.51. The molecule has 9 N–H and O–H groups in total. The van der Waals surface area contributed by atoms with Gasteiger partial charge in [0.25, 0.3) is 5.56 Å². The summed E-state index contributed by atoms with van der Waals surface area (Å²) >= 11 is 5.22. The third kappa shape index (κ3) is 7.22. The maximum atomic E-state index is 12.3. The van der Waals surface area contributed by atoms with E-state index in [0.29, 0.717) is 0 Å². The van der Waals surface area contributed by atoms with E-state index in [9.17, 15) is 33.9 Å². The van der Waals surface area contributed by atoms with Gasteiger partial charge in [0.05, 0.1) is 19.5 Å². The summed E-state index contributed by atoms with van der Waals surface area (Å²) in [5.41, 5.74) is 9.67. The summed E-state index contributed by atoms with van der Waals surface area (Å²) in [7, 11) is -2.47. The van der Waals surface area contributed by atoms with Gasteiger partial charge in [0, 0.05) is 20.4 Å². The number of methoxy groups -OCH3 is 2.